The van der Waals surface area contributed by atoms with Crippen LogP contribution in [0, 0.1) is 5.82 Å². The summed E-state index contributed by atoms with van der Waals surface area (Å²) in [5, 5.41) is 7.53. The molecule has 4 aromatic rings. The molecule has 3 aromatic carbocycles. The molecule has 1 atom stereocenters. The van der Waals surface area contributed by atoms with E-state index >= 15 is 0 Å². The minimum absolute atomic E-state index is 0.0612. The third kappa shape index (κ3) is 7.51. The Labute approximate surface area is 260 Å². The summed E-state index contributed by atoms with van der Waals surface area (Å²) >= 11 is 1.14. The van der Waals surface area contributed by atoms with E-state index in [1.165, 1.54) is 58.4 Å². The minimum atomic E-state index is -4.78. The van der Waals surface area contributed by atoms with E-state index in [2.05, 4.69) is 25.1 Å². The van der Waals surface area contributed by atoms with Crippen LogP contribution in [0.3, 0.4) is 0 Å². The number of benzene rings is 3. The smallest absolute Gasteiger partial charge is 0.406 e. The second kappa shape index (κ2) is 13.1. The molecule has 0 radical (unpaired) electrons. The lowest BCUT2D eigenvalue weighted by Gasteiger charge is -2.22. The highest BCUT2D eigenvalue weighted by Gasteiger charge is 2.33. The van der Waals surface area contributed by atoms with Gasteiger partial charge in [-0.25, -0.2) is 18.9 Å². The van der Waals surface area contributed by atoms with E-state index in [-0.39, 0.29) is 34.5 Å². The van der Waals surface area contributed by atoms with Gasteiger partial charge in [-0.3, -0.25) is 9.69 Å². The van der Waals surface area contributed by atoms with E-state index in [0.29, 0.717) is 34.7 Å². The number of nitrogens with one attached hydrogen (secondary N) is 1. The first-order chi connectivity index (χ1) is 21.4. The van der Waals surface area contributed by atoms with Crippen LogP contribution in [0.2, 0.25) is 0 Å². The lowest BCUT2D eigenvalue weighted by Crippen LogP contribution is -2.33. The fourth-order valence-corrected chi connectivity index (χ4v) is 5.61. The van der Waals surface area contributed by atoms with E-state index in [1.807, 2.05) is 32.9 Å². The zero-order valence-corrected chi connectivity index (χ0v) is 25.2. The van der Waals surface area contributed by atoms with E-state index in [0.717, 1.165) is 17.3 Å². The Balaban J connectivity index is 1.28. The number of urea groups is 1. The van der Waals surface area contributed by atoms with Gasteiger partial charge < -0.3 is 10.1 Å². The van der Waals surface area contributed by atoms with Crippen LogP contribution < -0.4 is 15.0 Å². The summed E-state index contributed by atoms with van der Waals surface area (Å²) < 4.78 is 56.6. The van der Waals surface area contributed by atoms with Gasteiger partial charge in [-0.05, 0) is 65.9 Å². The van der Waals surface area contributed by atoms with Crippen LogP contribution >= 0.6 is 11.8 Å². The van der Waals surface area contributed by atoms with E-state index < -0.39 is 18.2 Å². The van der Waals surface area contributed by atoms with Crippen LogP contribution in [0.4, 0.5) is 28.0 Å². The lowest BCUT2D eigenvalue weighted by atomic mass is 10.0. The number of hydrogen-bond acceptors (Lipinski definition) is 6. The summed E-state index contributed by atoms with van der Waals surface area (Å²) in [6.07, 6.45) is -2.77. The maximum Gasteiger partial charge on any atom is 0.573 e. The van der Waals surface area contributed by atoms with E-state index in [1.54, 1.807) is 12.1 Å². The number of hydrogen-bond donors (Lipinski definition) is 1. The van der Waals surface area contributed by atoms with Crippen LogP contribution in [0.1, 0.15) is 50.3 Å². The number of carbonyl (C=O) groups is 2. The molecule has 1 unspecified atom stereocenters. The maximum atomic E-state index is 13.9. The molecule has 1 saturated heterocycles. The Morgan fingerprint density at radius 2 is 1.80 bits per heavy atom. The summed E-state index contributed by atoms with van der Waals surface area (Å²) in [6, 6.07) is 15.7. The molecule has 45 heavy (non-hydrogen) atoms. The van der Waals surface area contributed by atoms with Crippen molar-refractivity contribution in [1.29, 1.82) is 0 Å². The molecule has 234 valence electrons. The number of halogens is 4. The first kappa shape index (κ1) is 31.7. The topological polar surface area (TPSA) is 102 Å². The number of thioether (sulfide) groups is 1. The Morgan fingerprint density at radius 1 is 1.09 bits per heavy atom. The number of amides is 3. The van der Waals surface area contributed by atoms with Crippen molar-refractivity contribution in [2.75, 3.05) is 10.7 Å². The molecule has 1 aromatic heterocycles. The quantitative estimate of drug-likeness (QED) is 0.202. The number of nitrogens with zero attached hydrogens (tertiary/aromatic N) is 5. The molecule has 1 fully saturated rings. The first-order valence-electron chi connectivity index (χ1n) is 13.9. The summed E-state index contributed by atoms with van der Waals surface area (Å²) in [5.41, 5.74) is 3.13. The Hall–Kier alpha value is -4.72. The molecule has 0 spiro atoms. The third-order valence-corrected chi connectivity index (χ3v) is 7.84. The van der Waals surface area contributed by atoms with Gasteiger partial charge in [-0.2, -0.15) is 4.99 Å². The number of amidine groups is 1. The Bertz CT molecular complexity index is 1720. The molecular formula is C31H28F4N6O3S. The molecule has 1 aliphatic rings. The van der Waals surface area contributed by atoms with Crippen molar-refractivity contribution < 1.29 is 31.9 Å². The number of rotatable bonds is 8. The number of aliphatic imine (C=N–C) groups is 1. The number of aromatic nitrogens is 3. The van der Waals surface area contributed by atoms with Crippen molar-refractivity contribution in [3.63, 3.8) is 0 Å². The Kier molecular flexibility index (Phi) is 9.23. The van der Waals surface area contributed by atoms with Gasteiger partial charge in [0.1, 0.15) is 17.9 Å². The number of anilines is 1. The predicted octanol–water partition coefficient (Wildman–Crippen LogP) is 7.39. The lowest BCUT2D eigenvalue weighted by molar-refractivity contribution is -0.274. The van der Waals surface area contributed by atoms with Crippen LogP contribution in [0.25, 0.3) is 17.1 Å². The highest BCUT2D eigenvalue weighted by molar-refractivity contribution is 8.15. The van der Waals surface area contributed by atoms with Gasteiger partial charge in [0.15, 0.2) is 11.0 Å². The second-order valence-corrected chi connectivity index (χ2v) is 11.3. The highest BCUT2D eigenvalue weighted by atomic mass is 32.2. The summed E-state index contributed by atoms with van der Waals surface area (Å²) in [6.45, 7) is 5.70. The normalized spacial score (nSPS) is 15.2. The van der Waals surface area contributed by atoms with Crippen molar-refractivity contribution in [3.05, 3.63) is 90.0 Å². The molecule has 2 heterocycles. The molecule has 5 rings (SSSR count). The van der Waals surface area contributed by atoms with Gasteiger partial charge >= 0.3 is 12.4 Å². The SMILES string of the molecule is CCC(NC(=O)/N=C1\SCC(=O)N1c1ccc(F)cc1C(C)C)c1ccc(-c2ncn(-c3ccc(OC(F)(F)F)cc3)n2)cc1. The number of alkyl halides is 3. The van der Waals surface area contributed by atoms with Crippen molar-refractivity contribution >= 4 is 34.6 Å². The van der Waals surface area contributed by atoms with Crippen molar-refractivity contribution in [2.24, 2.45) is 4.99 Å². The van der Waals surface area contributed by atoms with Gasteiger partial charge in [0, 0.05) is 5.56 Å². The summed E-state index contributed by atoms with van der Waals surface area (Å²) in [7, 11) is 0. The van der Waals surface area contributed by atoms with Crippen molar-refractivity contribution in [2.45, 2.75) is 45.5 Å². The maximum absolute atomic E-state index is 13.9. The monoisotopic (exact) mass is 640 g/mol. The van der Waals surface area contributed by atoms with Crippen molar-refractivity contribution in [3.8, 4) is 22.8 Å². The second-order valence-electron chi connectivity index (χ2n) is 10.4. The highest BCUT2D eigenvalue weighted by Crippen LogP contribution is 2.34. The number of ether oxygens (including phenoxy) is 1. The molecule has 1 aliphatic heterocycles. The van der Waals surface area contributed by atoms with Crippen molar-refractivity contribution in [1.82, 2.24) is 20.1 Å². The minimum Gasteiger partial charge on any atom is -0.406 e. The molecule has 14 heteroatoms. The van der Waals surface area contributed by atoms with Gasteiger partial charge in [-0.1, -0.05) is 56.8 Å². The van der Waals surface area contributed by atoms with Gasteiger partial charge in [-0.15, -0.1) is 18.3 Å². The summed E-state index contributed by atoms with van der Waals surface area (Å²) in [4.78, 5) is 35.6. The van der Waals surface area contributed by atoms with Gasteiger partial charge in [0.25, 0.3) is 0 Å². The first-order valence-corrected chi connectivity index (χ1v) is 14.9. The predicted molar refractivity (Wildman–Crippen MR) is 163 cm³/mol. The average Bonchev–Trinajstić information content (AvgIpc) is 3.63. The zero-order valence-electron chi connectivity index (χ0n) is 24.4. The fraction of sp³-hybridized carbons (Fsp3) is 0.258. The molecule has 3 amide bonds. The van der Waals surface area contributed by atoms with Gasteiger partial charge in [0.05, 0.1) is 23.2 Å². The molecule has 0 saturated carbocycles. The van der Waals surface area contributed by atoms with E-state index in [9.17, 15) is 27.2 Å². The van der Waals surface area contributed by atoms with Crippen LogP contribution in [-0.2, 0) is 4.79 Å². The molecule has 1 N–H and O–H groups in total. The standard InChI is InChI=1S/C31H28F4N6O3S/c1-4-25(37-29(43)38-30-41(27(42)16-45-30)26-14-9-21(32)15-24(26)18(2)3)19-5-7-20(8-6-19)28-36-17-40(39-28)22-10-12-23(13-11-22)44-31(33,34)35/h5-15,17-18,25H,4,16H2,1-3H3,(H,37,43)/b38-30-. The van der Waals surface area contributed by atoms with Crippen LogP contribution in [0.15, 0.2) is 78.0 Å². The van der Waals surface area contributed by atoms with Crippen LogP contribution in [-0.4, -0.2) is 44.0 Å². The number of carbonyl (C=O) groups excluding carboxylic acids is 2. The van der Waals surface area contributed by atoms with Gasteiger partial charge in [0.2, 0.25) is 5.91 Å². The third-order valence-electron chi connectivity index (χ3n) is 6.92. The molecule has 0 bridgehead atoms. The Morgan fingerprint density at radius 3 is 2.44 bits per heavy atom. The zero-order chi connectivity index (χ0) is 32.3. The van der Waals surface area contributed by atoms with Crippen LogP contribution in [0.5, 0.6) is 5.75 Å². The average molecular weight is 641 g/mol. The largest absolute Gasteiger partial charge is 0.573 e. The molecule has 9 nitrogen and oxygen atoms in total. The van der Waals surface area contributed by atoms with E-state index in [4.69, 9.17) is 0 Å². The molecular weight excluding hydrogens is 612 g/mol. The fourth-order valence-electron chi connectivity index (χ4n) is 4.75. The molecule has 0 aliphatic carbocycles. The summed E-state index contributed by atoms with van der Waals surface area (Å²) in [5.74, 6) is -0.550.